The predicted octanol–water partition coefficient (Wildman–Crippen LogP) is 0.109. The van der Waals surface area contributed by atoms with Gasteiger partial charge in [-0.2, -0.15) is 0 Å². The van der Waals surface area contributed by atoms with E-state index in [0.717, 1.165) is 10.0 Å². The number of halogens is 1. The number of rotatable bonds is 15. The Morgan fingerprint density at radius 3 is 2.24 bits per heavy atom. The van der Waals surface area contributed by atoms with Crippen LogP contribution in [0.25, 0.3) is 0 Å². The molecular formula is C21H26BrN3O9. The van der Waals surface area contributed by atoms with E-state index in [1.807, 2.05) is 0 Å². The molecule has 0 radical (unpaired) electrons. The number of ether oxygens (including phenoxy) is 1. The minimum Gasteiger partial charge on any atom is -0.480 e. The van der Waals surface area contributed by atoms with Crippen LogP contribution >= 0.6 is 15.9 Å². The Bertz CT molecular complexity index is 905. The van der Waals surface area contributed by atoms with Crippen molar-refractivity contribution in [1.82, 2.24) is 10.6 Å². The minimum atomic E-state index is -1.31. The van der Waals surface area contributed by atoms with Gasteiger partial charge in [-0.25, -0.2) is 0 Å². The highest BCUT2D eigenvalue weighted by Crippen LogP contribution is 2.12. The van der Waals surface area contributed by atoms with Crippen molar-refractivity contribution in [2.24, 2.45) is 5.73 Å². The van der Waals surface area contributed by atoms with E-state index in [1.54, 1.807) is 24.3 Å². The van der Waals surface area contributed by atoms with Gasteiger partial charge in [0.1, 0.15) is 37.4 Å². The number of benzene rings is 1. The number of esters is 1. The van der Waals surface area contributed by atoms with Crippen molar-refractivity contribution in [3.8, 4) is 0 Å². The Labute approximate surface area is 203 Å². The van der Waals surface area contributed by atoms with Crippen molar-refractivity contribution in [1.29, 1.82) is 0 Å². The first kappa shape index (κ1) is 28.7. The topological polar surface area (TPSA) is 202 Å². The SMILES string of the molecule is N[C@@H](CCC(=O)N[C@@H](CCC(=O)CC(=O)OCc1ccc(Br)cc1)C(=O)NCC(=O)O)C(=O)O. The molecule has 0 bridgehead atoms. The van der Waals surface area contributed by atoms with Crippen LogP contribution in [0.4, 0.5) is 0 Å². The zero-order valence-corrected chi connectivity index (χ0v) is 19.7. The number of Topliss-reactive ketones (excluding diaryl/α,β-unsaturated/α-hetero) is 1. The fraction of sp³-hybridized carbons (Fsp3) is 0.429. The lowest BCUT2D eigenvalue weighted by Gasteiger charge is -2.18. The lowest BCUT2D eigenvalue weighted by atomic mass is 10.1. The Morgan fingerprint density at radius 1 is 1.00 bits per heavy atom. The molecule has 0 aliphatic rings. The normalized spacial score (nSPS) is 12.2. The molecule has 1 rings (SSSR count). The summed E-state index contributed by atoms with van der Waals surface area (Å²) < 4.78 is 5.90. The molecule has 12 nitrogen and oxygen atoms in total. The summed E-state index contributed by atoms with van der Waals surface area (Å²) in [5.74, 6) is -5.44. The molecule has 2 amide bonds. The quantitative estimate of drug-likeness (QED) is 0.149. The third kappa shape index (κ3) is 12.1. The monoisotopic (exact) mass is 543 g/mol. The van der Waals surface area contributed by atoms with Gasteiger partial charge >= 0.3 is 17.9 Å². The zero-order chi connectivity index (χ0) is 25.7. The molecular weight excluding hydrogens is 518 g/mol. The number of carboxylic acids is 2. The van der Waals surface area contributed by atoms with Gasteiger partial charge in [-0.15, -0.1) is 0 Å². The second kappa shape index (κ2) is 14.8. The first-order chi connectivity index (χ1) is 16.0. The highest BCUT2D eigenvalue weighted by molar-refractivity contribution is 9.10. The Balaban J connectivity index is 2.57. The summed E-state index contributed by atoms with van der Waals surface area (Å²) >= 11 is 3.28. The first-order valence-electron chi connectivity index (χ1n) is 10.2. The third-order valence-electron chi connectivity index (χ3n) is 4.43. The van der Waals surface area contributed by atoms with E-state index in [1.165, 1.54) is 0 Å². The van der Waals surface area contributed by atoms with Crippen molar-refractivity contribution in [2.75, 3.05) is 6.54 Å². The molecule has 0 saturated carbocycles. The maximum Gasteiger partial charge on any atom is 0.322 e. The van der Waals surface area contributed by atoms with E-state index in [9.17, 15) is 28.8 Å². The van der Waals surface area contributed by atoms with Crippen LogP contribution in [0.5, 0.6) is 0 Å². The van der Waals surface area contributed by atoms with Crippen LogP contribution in [0.1, 0.15) is 37.7 Å². The largest absolute Gasteiger partial charge is 0.480 e. The molecule has 6 N–H and O–H groups in total. The van der Waals surface area contributed by atoms with E-state index in [2.05, 4.69) is 26.6 Å². The molecule has 0 heterocycles. The van der Waals surface area contributed by atoms with Crippen LogP contribution in [0, 0.1) is 0 Å². The van der Waals surface area contributed by atoms with Gasteiger partial charge in [0.15, 0.2) is 0 Å². The molecule has 0 spiro atoms. The summed E-state index contributed by atoms with van der Waals surface area (Å²) in [6, 6.07) is 4.49. The molecule has 34 heavy (non-hydrogen) atoms. The second-order valence-electron chi connectivity index (χ2n) is 7.26. The number of carbonyl (C=O) groups is 6. The van der Waals surface area contributed by atoms with E-state index in [0.29, 0.717) is 0 Å². The predicted molar refractivity (Wildman–Crippen MR) is 120 cm³/mol. The fourth-order valence-corrected chi connectivity index (χ4v) is 2.85. The van der Waals surface area contributed by atoms with E-state index in [-0.39, 0.29) is 32.3 Å². The number of aliphatic carboxylic acids is 2. The highest BCUT2D eigenvalue weighted by Gasteiger charge is 2.24. The van der Waals surface area contributed by atoms with Gasteiger partial charge in [-0.05, 0) is 30.5 Å². The molecule has 1 aromatic rings. The molecule has 2 atom stereocenters. The van der Waals surface area contributed by atoms with E-state index < -0.39 is 60.6 Å². The number of hydrogen-bond donors (Lipinski definition) is 5. The van der Waals surface area contributed by atoms with Gasteiger partial charge in [0.2, 0.25) is 11.8 Å². The molecule has 0 aliphatic carbocycles. The maximum absolute atomic E-state index is 12.2. The second-order valence-corrected chi connectivity index (χ2v) is 8.17. The summed E-state index contributed by atoms with van der Waals surface area (Å²) in [4.78, 5) is 69.8. The number of nitrogens with two attached hydrogens (primary N) is 1. The van der Waals surface area contributed by atoms with Crippen LogP contribution in [0.2, 0.25) is 0 Å². The van der Waals surface area contributed by atoms with Gasteiger partial charge < -0.3 is 31.3 Å². The van der Waals surface area contributed by atoms with Crippen LogP contribution < -0.4 is 16.4 Å². The zero-order valence-electron chi connectivity index (χ0n) is 18.1. The Morgan fingerprint density at radius 2 is 1.65 bits per heavy atom. The molecule has 186 valence electrons. The van der Waals surface area contributed by atoms with Crippen molar-refractivity contribution in [2.45, 2.75) is 50.8 Å². The van der Waals surface area contributed by atoms with Gasteiger partial charge in [0.25, 0.3) is 0 Å². The molecule has 0 unspecified atom stereocenters. The van der Waals surface area contributed by atoms with E-state index >= 15 is 0 Å². The number of ketones is 1. The smallest absolute Gasteiger partial charge is 0.322 e. The van der Waals surface area contributed by atoms with Crippen LogP contribution in [0.15, 0.2) is 28.7 Å². The number of hydrogen-bond acceptors (Lipinski definition) is 8. The molecule has 0 aromatic heterocycles. The lowest BCUT2D eigenvalue weighted by Crippen LogP contribution is -2.48. The van der Waals surface area contributed by atoms with Gasteiger partial charge in [-0.3, -0.25) is 28.8 Å². The summed E-state index contributed by atoms with van der Waals surface area (Å²) in [7, 11) is 0. The van der Waals surface area contributed by atoms with Crippen molar-refractivity contribution < 1.29 is 43.7 Å². The third-order valence-corrected chi connectivity index (χ3v) is 4.96. The molecule has 0 aliphatic heterocycles. The molecule has 0 fully saturated rings. The fourth-order valence-electron chi connectivity index (χ4n) is 2.58. The summed E-state index contributed by atoms with van der Waals surface area (Å²) in [6.07, 6.45) is -1.50. The number of carboxylic acid groups (broad SMARTS) is 2. The number of nitrogens with one attached hydrogen (secondary N) is 2. The lowest BCUT2D eigenvalue weighted by molar-refractivity contribution is -0.147. The Kier molecular flexibility index (Phi) is 12.5. The number of carbonyl (C=O) groups excluding carboxylic acids is 4. The average Bonchev–Trinajstić information content (AvgIpc) is 2.77. The molecule has 0 saturated heterocycles. The van der Waals surface area contributed by atoms with Crippen molar-refractivity contribution in [3.05, 3.63) is 34.3 Å². The van der Waals surface area contributed by atoms with Crippen LogP contribution in [-0.4, -0.2) is 64.3 Å². The molecule has 13 heteroatoms. The van der Waals surface area contributed by atoms with Gasteiger partial charge in [0, 0.05) is 17.3 Å². The maximum atomic E-state index is 12.2. The highest BCUT2D eigenvalue weighted by atomic mass is 79.9. The van der Waals surface area contributed by atoms with Gasteiger partial charge in [0.05, 0.1) is 0 Å². The van der Waals surface area contributed by atoms with Crippen molar-refractivity contribution >= 4 is 51.4 Å². The number of amides is 2. The minimum absolute atomic E-state index is 0.0197. The van der Waals surface area contributed by atoms with Crippen LogP contribution in [-0.2, 0) is 40.1 Å². The summed E-state index contributed by atoms with van der Waals surface area (Å²) in [5.41, 5.74) is 6.06. The van der Waals surface area contributed by atoms with Crippen LogP contribution in [0.3, 0.4) is 0 Å². The average molecular weight is 544 g/mol. The summed E-state index contributed by atoms with van der Waals surface area (Å²) in [6.45, 7) is -0.723. The van der Waals surface area contributed by atoms with Crippen molar-refractivity contribution in [3.63, 3.8) is 0 Å². The Hall–Kier alpha value is -3.32. The van der Waals surface area contributed by atoms with Gasteiger partial charge in [-0.1, -0.05) is 28.1 Å². The standard InChI is InChI=1S/C21H26BrN3O9/c22-13-3-1-12(2-4-13)11-34-19(30)9-14(26)5-7-16(20(31)24-10-18(28)29)25-17(27)8-6-15(23)21(32)33/h1-4,15-16H,5-11,23H2,(H,24,31)(H,25,27)(H,28,29)(H,32,33)/t15-,16-/m0/s1. The first-order valence-corrected chi connectivity index (χ1v) is 11.0. The van der Waals surface area contributed by atoms with E-state index in [4.69, 9.17) is 20.7 Å². The molecule has 1 aromatic carbocycles. The summed E-state index contributed by atoms with van der Waals surface area (Å²) in [5, 5.41) is 21.9.